The van der Waals surface area contributed by atoms with Crippen LogP contribution in [0.4, 0.5) is 5.69 Å². The Kier molecular flexibility index (Phi) is 4.18. The van der Waals surface area contributed by atoms with Gasteiger partial charge in [-0.05, 0) is 31.5 Å². The summed E-state index contributed by atoms with van der Waals surface area (Å²) in [6.45, 7) is 3.48. The summed E-state index contributed by atoms with van der Waals surface area (Å²) in [7, 11) is 1.32. The van der Waals surface area contributed by atoms with E-state index >= 15 is 0 Å². The molecule has 1 atom stereocenters. The number of carbonyl (C=O) groups is 1. The summed E-state index contributed by atoms with van der Waals surface area (Å²) < 4.78 is 10.9. The number of hydrogen-bond donors (Lipinski definition) is 1. The molecule has 0 aliphatic heterocycles. The van der Waals surface area contributed by atoms with Crippen molar-refractivity contribution in [2.75, 3.05) is 12.8 Å². The number of anilines is 1. The Morgan fingerprint density at radius 3 is 2.62 bits per heavy atom. The van der Waals surface area contributed by atoms with Gasteiger partial charge in [-0.1, -0.05) is 15.9 Å². The third-order valence-electron chi connectivity index (χ3n) is 2.10. The largest absolute Gasteiger partial charge is 0.477 e. The lowest BCUT2D eigenvalue weighted by molar-refractivity contribution is -0.147. The van der Waals surface area contributed by atoms with Crippen molar-refractivity contribution in [3.8, 4) is 5.75 Å². The summed E-state index contributed by atoms with van der Waals surface area (Å²) in [6.07, 6.45) is -0.674. The van der Waals surface area contributed by atoms with Gasteiger partial charge in [-0.3, -0.25) is 0 Å². The van der Waals surface area contributed by atoms with Crippen LogP contribution in [0.5, 0.6) is 5.75 Å². The van der Waals surface area contributed by atoms with Gasteiger partial charge in [0, 0.05) is 4.47 Å². The molecule has 0 radical (unpaired) electrons. The van der Waals surface area contributed by atoms with Crippen molar-refractivity contribution < 1.29 is 14.3 Å². The van der Waals surface area contributed by atoms with Gasteiger partial charge in [0.1, 0.15) is 5.75 Å². The summed E-state index contributed by atoms with van der Waals surface area (Å²) in [5.74, 6) is 0.0859. The summed E-state index contributed by atoms with van der Waals surface area (Å²) >= 11 is 3.33. The van der Waals surface area contributed by atoms with Gasteiger partial charge in [-0.25, -0.2) is 4.79 Å². The number of carbonyl (C=O) groups excluding carboxylic acids is 1. The van der Waals surface area contributed by atoms with E-state index in [0.29, 0.717) is 11.4 Å². The minimum Gasteiger partial charge on any atom is -0.477 e. The zero-order valence-corrected chi connectivity index (χ0v) is 11.0. The van der Waals surface area contributed by atoms with E-state index in [4.69, 9.17) is 10.5 Å². The van der Waals surface area contributed by atoms with E-state index in [2.05, 4.69) is 20.7 Å². The van der Waals surface area contributed by atoms with Crippen molar-refractivity contribution in [1.82, 2.24) is 0 Å². The normalized spacial score (nSPS) is 12.0. The number of nitrogens with two attached hydrogens (primary N) is 1. The molecule has 4 nitrogen and oxygen atoms in total. The standard InChI is InChI=1S/C11H14BrNO3/c1-6-4-8(12)5-9(13)10(6)16-7(2)11(14)15-3/h4-5,7H,13H2,1-3H3. The predicted octanol–water partition coefficient (Wildman–Crippen LogP) is 2.28. The molecule has 0 fully saturated rings. The molecule has 16 heavy (non-hydrogen) atoms. The van der Waals surface area contributed by atoms with Crippen molar-refractivity contribution in [1.29, 1.82) is 0 Å². The lowest BCUT2D eigenvalue weighted by atomic mass is 10.2. The summed E-state index contributed by atoms with van der Waals surface area (Å²) in [5, 5.41) is 0. The minimum absolute atomic E-state index is 0.429. The van der Waals surface area contributed by atoms with Crippen LogP contribution in [0.25, 0.3) is 0 Å². The predicted molar refractivity (Wildman–Crippen MR) is 65.4 cm³/mol. The van der Waals surface area contributed by atoms with Crippen LogP contribution in [0.1, 0.15) is 12.5 Å². The number of rotatable bonds is 3. The van der Waals surface area contributed by atoms with Gasteiger partial charge in [0.2, 0.25) is 0 Å². The second kappa shape index (κ2) is 5.21. The number of hydrogen-bond acceptors (Lipinski definition) is 4. The number of methoxy groups -OCH3 is 1. The highest BCUT2D eigenvalue weighted by molar-refractivity contribution is 9.10. The molecule has 5 heteroatoms. The summed E-state index contributed by atoms with van der Waals surface area (Å²) in [6, 6.07) is 3.60. The lowest BCUT2D eigenvalue weighted by Crippen LogP contribution is -2.25. The molecule has 0 spiro atoms. The molecule has 1 aromatic carbocycles. The highest BCUT2D eigenvalue weighted by atomic mass is 79.9. The average Bonchev–Trinajstić information content (AvgIpc) is 2.21. The van der Waals surface area contributed by atoms with Gasteiger partial charge >= 0.3 is 5.97 Å². The Balaban J connectivity index is 2.93. The van der Waals surface area contributed by atoms with Crippen molar-refractivity contribution in [2.24, 2.45) is 0 Å². The molecule has 1 rings (SSSR count). The highest BCUT2D eigenvalue weighted by Crippen LogP contribution is 2.30. The Morgan fingerprint density at radius 1 is 1.50 bits per heavy atom. The van der Waals surface area contributed by atoms with Gasteiger partial charge in [-0.2, -0.15) is 0 Å². The molecule has 0 heterocycles. The second-order valence-electron chi connectivity index (χ2n) is 3.42. The fraction of sp³-hybridized carbons (Fsp3) is 0.364. The maximum atomic E-state index is 11.2. The van der Waals surface area contributed by atoms with Gasteiger partial charge in [-0.15, -0.1) is 0 Å². The fourth-order valence-corrected chi connectivity index (χ4v) is 1.90. The van der Waals surface area contributed by atoms with Crippen LogP contribution in [0.15, 0.2) is 16.6 Å². The Hall–Kier alpha value is -1.23. The van der Waals surface area contributed by atoms with Crippen LogP contribution in [0.3, 0.4) is 0 Å². The van der Waals surface area contributed by atoms with E-state index < -0.39 is 12.1 Å². The summed E-state index contributed by atoms with van der Waals surface area (Å²) in [5.41, 5.74) is 7.16. The Labute approximate surface area is 103 Å². The molecule has 0 aromatic heterocycles. The second-order valence-corrected chi connectivity index (χ2v) is 4.34. The van der Waals surface area contributed by atoms with Crippen LogP contribution in [0, 0.1) is 6.92 Å². The zero-order valence-electron chi connectivity index (χ0n) is 9.41. The molecule has 88 valence electrons. The van der Waals surface area contributed by atoms with E-state index in [9.17, 15) is 4.79 Å². The molecule has 1 unspecified atom stereocenters. The van der Waals surface area contributed by atoms with Crippen LogP contribution >= 0.6 is 15.9 Å². The van der Waals surface area contributed by atoms with Gasteiger partial charge in [0.15, 0.2) is 6.10 Å². The first-order chi connectivity index (χ1) is 7.45. The number of aryl methyl sites for hydroxylation is 1. The molecule has 2 N–H and O–H groups in total. The molecular weight excluding hydrogens is 274 g/mol. The Morgan fingerprint density at radius 2 is 2.12 bits per heavy atom. The molecule has 0 bridgehead atoms. The quantitative estimate of drug-likeness (QED) is 0.684. The smallest absolute Gasteiger partial charge is 0.346 e. The molecule has 0 aliphatic rings. The third-order valence-corrected chi connectivity index (χ3v) is 2.55. The first-order valence-corrected chi connectivity index (χ1v) is 5.55. The number of benzene rings is 1. The number of ether oxygens (including phenoxy) is 2. The number of halogens is 1. The van der Waals surface area contributed by atoms with Gasteiger partial charge < -0.3 is 15.2 Å². The monoisotopic (exact) mass is 287 g/mol. The first kappa shape index (κ1) is 12.8. The first-order valence-electron chi connectivity index (χ1n) is 4.75. The van der Waals surface area contributed by atoms with Crippen molar-refractivity contribution in [3.05, 3.63) is 22.2 Å². The molecule has 1 aromatic rings. The zero-order chi connectivity index (χ0) is 12.3. The fourth-order valence-electron chi connectivity index (χ4n) is 1.31. The van der Waals surface area contributed by atoms with Crippen LogP contribution < -0.4 is 10.5 Å². The van der Waals surface area contributed by atoms with Crippen LogP contribution in [0.2, 0.25) is 0 Å². The van der Waals surface area contributed by atoms with E-state index in [-0.39, 0.29) is 0 Å². The van der Waals surface area contributed by atoms with Crippen molar-refractivity contribution in [2.45, 2.75) is 20.0 Å². The van der Waals surface area contributed by atoms with E-state index in [1.807, 2.05) is 13.0 Å². The summed E-state index contributed by atoms with van der Waals surface area (Å²) in [4.78, 5) is 11.2. The SMILES string of the molecule is COC(=O)C(C)Oc1c(C)cc(Br)cc1N. The molecular formula is C11H14BrNO3. The van der Waals surface area contributed by atoms with Crippen molar-refractivity contribution >= 4 is 27.6 Å². The number of esters is 1. The molecule has 0 saturated carbocycles. The minimum atomic E-state index is -0.674. The highest BCUT2D eigenvalue weighted by Gasteiger charge is 2.17. The maximum absolute atomic E-state index is 11.2. The topological polar surface area (TPSA) is 61.5 Å². The van der Waals surface area contributed by atoms with E-state index in [1.54, 1.807) is 13.0 Å². The van der Waals surface area contributed by atoms with E-state index in [0.717, 1.165) is 10.0 Å². The third kappa shape index (κ3) is 2.88. The molecule has 0 amide bonds. The van der Waals surface area contributed by atoms with E-state index in [1.165, 1.54) is 7.11 Å². The molecule has 0 aliphatic carbocycles. The lowest BCUT2D eigenvalue weighted by Gasteiger charge is -2.16. The van der Waals surface area contributed by atoms with Crippen LogP contribution in [-0.2, 0) is 9.53 Å². The molecule has 0 saturated heterocycles. The average molecular weight is 288 g/mol. The van der Waals surface area contributed by atoms with Crippen LogP contribution in [-0.4, -0.2) is 19.2 Å². The Bertz CT molecular complexity index is 383. The maximum Gasteiger partial charge on any atom is 0.346 e. The van der Waals surface area contributed by atoms with Gasteiger partial charge in [0.05, 0.1) is 12.8 Å². The number of nitrogen functional groups attached to an aromatic ring is 1. The van der Waals surface area contributed by atoms with Crippen molar-refractivity contribution in [3.63, 3.8) is 0 Å². The van der Waals surface area contributed by atoms with Gasteiger partial charge in [0.25, 0.3) is 0 Å².